The third-order valence-corrected chi connectivity index (χ3v) is 3.57. The lowest BCUT2D eigenvalue weighted by Crippen LogP contribution is -2.41. The topological polar surface area (TPSA) is 109 Å². The molecular formula is C13H22N2O4. The number of aliphatic carboxylic acids is 1. The molecule has 1 aliphatic carbocycles. The molecule has 0 saturated heterocycles. The molecule has 1 atom stereocenters. The summed E-state index contributed by atoms with van der Waals surface area (Å²) in [5.74, 6) is -1.36. The Morgan fingerprint density at radius 3 is 2.37 bits per heavy atom. The third-order valence-electron chi connectivity index (χ3n) is 3.57. The van der Waals surface area contributed by atoms with Gasteiger partial charge in [-0.15, -0.1) is 0 Å². The van der Waals surface area contributed by atoms with Crippen molar-refractivity contribution in [2.24, 2.45) is 11.7 Å². The van der Waals surface area contributed by atoms with Crippen LogP contribution in [0.4, 0.5) is 0 Å². The van der Waals surface area contributed by atoms with Crippen molar-refractivity contribution in [1.29, 1.82) is 0 Å². The SMILES string of the molecule is NC(=O)CC[C@H](NC(=O)CCC1CCCC1)C(=O)O. The monoisotopic (exact) mass is 270 g/mol. The highest BCUT2D eigenvalue weighted by Gasteiger charge is 2.21. The molecule has 6 nitrogen and oxygen atoms in total. The van der Waals surface area contributed by atoms with Crippen LogP contribution in [0.25, 0.3) is 0 Å². The van der Waals surface area contributed by atoms with E-state index in [0.29, 0.717) is 12.3 Å². The summed E-state index contributed by atoms with van der Waals surface area (Å²) >= 11 is 0. The standard InChI is InChI=1S/C13H22N2O4/c14-11(16)7-6-10(13(18)19)15-12(17)8-5-9-3-1-2-4-9/h9-10H,1-8H2,(H2,14,16)(H,15,17)(H,18,19)/t10-/m0/s1. The maximum Gasteiger partial charge on any atom is 0.326 e. The van der Waals surface area contributed by atoms with E-state index in [4.69, 9.17) is 10.8 Å². The first kappa shape index (κ1) is 15.5. The molecule has 0 aliphatic heterocycles. The highest BCUT2D eigenvalue weighted by molar-refractivity contribution is 5.84. The molecule has 4 N–H and O–H groups in total. The van der Waals surface area contributed by atoms with E-state index < -0.39 is 17.9 Å². The van der Waals surface area contributed by atoms with Crippen molar-refractivity contribution in [3.8, 4) is 0 Å². The minimum absolute atomic E-state index is 0.0415. The van der Waals surface area contributed by atoms with E-state index in [2.05, 4.69) is 5.32 Å². The zero-order valence-electron chi connectivity index (χ0n) is 11.1. The number of carbonyl (C=O) groups excluding carboxylic acids is 2. The van der Waals surface area contributed by atoms with Gasteiger partial charge in [0.25, 0.3) is 0 Å². The number of carboxylic acids is 1. The highest BCUT2D eigenvalue weighted by atomic mass is 16.4. The van der Waals surface area contributed by atoms with Crippen molar-refractivity contribution >= 4 is 17.8 Å². The second kappa shape index (κ2) is 7.76. The molecule has 2 amide bonds. The number of carbonyl (C=O) groups is 3. The first-order valence-electron chi connectivity index (χ1n) is 6.79. The quantitative estimate of drug-likeness (QED) is 0.605. The average molecular weight is 270 g/mol. The van der Waals surface area contributed by atoms with Crippen LogP contribution in [0.5, 0.6) is 0 Å². The second-order valence-electron chi connectivity index (χ2n) is 5.15. The highest BCUT2D eigenvalue weighted by Crippen LogP contribution is 2.28. The molecule has 0 bridgehead atoms. The molecule has 1 saturated carbocycles. The smallest absolute Gasteiger partial charge is 0.326 e. The number of carboxylic acid groups (broad SMARTS) is 1. The summed E-state index contributed by atoms with van der Waals surface area (Å²) in [6.45, 7) is 0. The molecule has 0 aromatic heterocycles. The second-order valence-corrected chi connectivity index (χ2v) is 5.15. The van der Waals surface area contributed by atoms with Gasteiger partial charge in [0.2, 0.25) is 11.8 Å². The predicted molar refractivity (Wildman–Crippen MR) is 69.2 cm³/mol. The van der Waals surface area contributed by atoms with Crippen LogP contribution in [0.2, 0.25) is 0 Å². The van der Waals surface area contributed by atoms with E-state index in [0.717, 1.165) is 19.3 Å². The van der Waals surface area contributed by atoms with Crippen LogP contribution in [0.15, 0.2) is 0 Å². The van der Waals surface area contributed by atoms with Crippen LogP contribution in [0.3, 0.4) is 0 Å². The number of hydrogen-bond donors (Lipinski definition) is 3. The normalized spacial score (nSPS) is 17.1. The van der Waals surface area contributed by atoms with Gasteiger partial charge in [-0.25, -0.2) is 4.79 Å². The van der Waals surface area contributed by atoms with E-state index in [1.165, 1.54) is 12.8 Å². The van der Waals surface area contributed by atoms with Gasteiger partial charge in [-0.1, -0.05) is 25.7 Å². The molecule has 1 fully saturated rings. The molecule has 0 radical (unpaired) electrons. The molecule has 19 heavy (non-hydrogen) atoms. The Kier molecular flexibility index (Phi) is 6.32. The number of nitrogens with one attached hydrogen (secondary N) is 1. The van der Waals surface area contributed by atoms with Gasteiger partial charge in [-0.2, -0.15) is 0 Å². The summed E-state index contributed by atoms with van der Waals surface area (Å²) in [6, 6.07) is -1.02. The summed E-state index contributed by atoms with van der Waals surface area (Å²) in [6.07, 6.45) is 5.94. The van der Waals surface area contributed by atoms with Gasteiger partial charge in [0, 0.05) is 12.8 Å². The fraction of sp³-hybridized carbons (Fsp3) is 0.769. The van der Waals surface area contributed by atoms with Crippen molar-refractivity contribution in [1.82, 2.24) is 5.32 Å². The van der Waals surface area contributed by atoms with Gasteiger partial charge >= 0.3 is 5.97 Å². The van der Waals surface area contributed by atoms with Crippen molar-refractivity contribution in [2.75, 3.05) is 0 Å². The number of rotatable bonds is 8. The number of hydrogen-bond acceptors (Lipinski definition) is 3. The van der Waals surface area contributed by atoms with Gasteiger partial charge in [-0.3, -0.25) is 9.59 Å². The minimum Gasteiger partial charge on any atom is -0.480 e. The summed E-state index contributed by atoms with van der Waals surface area (Å²) in [5.41, 5.74) is 4.97. The van der Waals surface area contributed by atoms with Crippen LogP contribution >= 0.6 is 0 Å². The van der Waals surface area contributed by atoms with E-state index in [9.17, 15) is 14.4 Å². The van der Waals surface area contributed by atoms with E-state index >= 15 is 0 Å². The minimum atomic E-state index is -1.13. The van der Waals surface area contributed by atoms with E-state index in [1.807, 2.05) is 0 Å². The fourth-order valence-electron chi connectivity index (χ4n) is 2.44. The van der Waals surface area contributed by atoms with Gasteiger partial charge in [-0.05, 0) is 18.8 Å². The maximum atomic E-state index is 11.7. The molecule has 0 unspecified atom stereocenters. The number of nitrogens with two attached hydrogens (primary N) is 1. The molecule has 108 valence electrons. The van der Waals surface area contributed by atoms with Crippen molar-refractivity contribution < 1.29 is 19.5 Å². The molecular weight excluding hydrogens is 248 g/mol. The molecule has 0 aromatic carbocycles. The van der Waals surface area contributed by atoms with Crippen molar-refractivity contribution in [3.05, 3.63) is 0 Å². The van der Waals surface area contributed by atoms with Gasteiger partial charge in [0.1, 0.15) is 6.04 Å². The van der Waals surface area contributed by atoms with Gasteiger partial charge in [0.05, 0.1) is 0 Å². The Morgan fingerprint density at radius 2 is 1.84 bits per heavy atom. The lowest BCUT2D eigenvalue weighted by Gasteiger charge is -2.14. The summed E-state index contributed by atoms with van der Waals surface area (Å²) < 4.78 is 0. The Bertz CT molecular complexity index is 338. The predicted octanol–water partition coefficient (Wildman–Crippen LogP) is 0.792. The van der Waals surface area contributed by atoms with Gasteiger partial charge < -0.3 is 16.2 Å². The lowest BCUT2D eigenvalue weighted by atomic mass is 10.0. The summed E-state index contributed by atoms with van der Waals surface area (Å²) in [5, 5.41) is 11.4. The zero-order chi connectivity index (χ0) is 14.3. The van der Waals surface area contributed by atoms with Crippen LogP contribution in [0, 0.1) is 5.92 Å². The van der Waals surface area contributed by atoms with Crippen LogP contribution < -0.4 is 11.1 Å². The van der Waals surface area contributed by atoms with E-state index in [1.54, 1.807) is 0 Å². The zero-order valence-corrected chi connectivity index (χ0v) is 11.1. The molecule has 0 heterocycles. The third kappa shape index (κ3) is 6.22. The largest absolute Gasteiger partial charge is 0.480 e. The number of amides is 2. The van der Waals surface area contributed by atoms with Crippen LogP contribution in [-0.4, -0.2) is 28.9 Å². The Labute approximate surface area is 112 Å². The summed E-state index contributed by atoms with van der Waals surface area (Å²) in [4.78, 5) is 33.2. The Morgan fingerprint density at radius 1 is 1.21 bits per heavy atom. The summed E-state index contributed by atoms with van der Waals surface area (Å²) in [7, 11) is 0. The molecule has 0 spiro atoms. The van der Waals surface area contributed by atoms with E-state index in [-0.39, 0.29) is 18.7 Å². The average Bonchev–Trinajstić information content (AvgIpc) is 2.84. The molecule has 6 heteroatoms. The number of primary amides is 1. The first-order chi connectivity index (χ1) is 8.99. The van der Waals surface area contributed by atoms with Crippen molar-refractivity contribution in [3.63, 3.8) is 0 Å². The molecule has 0 aromatic rings. The molecule has 1 rings (SSSR count). The van der Waals surface area contributed by atoms with Gasteiger partial charge in [0.15, 0.2) is 0 Å². The van der Waals surface area contributed by atoms with Crippen molar-refractivity contribution in [2.45, 2.75) is 57.4 Å². The maximum absolute atomic E-state index is 11.7. The lowest BCUT2D eigenvalue weighted by molar-refractivity contribution is -0.142. The Balaban J connectivity index is 2.29. The first-order valence-corrected chi connectivity index (χ1v) is 6.79. The molecule has 1 aliphatic rings. The fourth-order valence-corrected chi connectivity index (χ4v) is 2.44. The van der Waals surface area contributed by atoms with Crippen LogP contribution in [0.1, 0.15) is 51.4 Å². The Hall–Kier alpha value is -1.59. The van der Waals surface area contributed by atoms with Crippen LogP contribution in [-0.2, 0) is 14.4 Å².